The fourth-order valence-electron chi connectivity index (χ4n) is 1.45. The van der Waals surface area contributed by atoms with Gasteiger partial charge in [0, 0.05) is 5.69 Å². The Morgan fingerprint density at radius 3 is 2.55 bits per heavy atom. The van der Waals surface area contributed by atoms with Crippen molar-refractivity contribution in [1.82, 2.24) is 15.2 Å². The number of halogens is 2. The van der Waals surface area contributed by atoms with Crippen LogP contribution in [0.3, 0.4) is 0 Å². The SMILES string of the molecule is Cc1nnc(NC(=O)c2cc(N)cc(Cl)c2Cl)nc1C. The predicted octanol–water partition coefficient (Wildman–Crippen LogP) is 2.63. The number of carbonyl (C=O) groups is 1. The van der Waals surface area contributed by atoms with Crippen molar-refractivity contribution in [3.8, 4) is 0 Å². The Kier molecular flexibility index (Phi) is 4.06. The van der Waals surface area contributed by atoms with E-state index in [-0.39, 0.29) is 21.6 Å². The van der Waals surface area contributed by atoms with Gasteiger partial charge in [0.2, 0.25) is 5.95 Å². The number of amides is 1. The number of anilines is 2. The van der Waals surface area contributed by atoms with Crippen molar-refractivity contribution in [2.45, 2.75) is 13.8 Å². The monoisotopic (exact) mass is 311 g/mol. The molecule has 20 heavy (non-hydrogen) atoms. The molecule has 104 valence electrons. The average Bonchev–Trinajstić information content (AvgIpc) is 2.38. The van der Waals surface area contributed by atoms with Gasteiger partial charge in [-0.3, -0.25) is 10.1 Å². The first-order valence-electron chi connectivity index (χ1n) is 5.62. The van der Waals surface area contributed by atoms with Crippen LogP contribution in [0.15, 0.2) is 12.1 Å². The van der Waals surface area contributed by atoms with Gasteiger partial charge in [-0.25, -0.2) is 4.98 Å². The molecular formula is C12H11Cl2N5O. The minimum absolute atomic E-state index is 0.0905. The number of nitrogens with two attached hydrogens (primary N) is 1. The first kappa shape index (κ1) is 14.5. The summed E-state index contributed by atoms with van der Waals surface area (Å²) in [6.07, 6.45) is 0. The van der Waals surface area contributed by atoms with Crippen LogP contribution in [0.4, 0.5) is 11.6 Å². The van der Waals surface area contributed by atoms with E-state index in [2.05, 4.69) is 20.5 Å². The lowest BCUT2D eigenvalue weighted by Crippen LogP contribution is -2.16. The van der Waals surface area contributed by atoms with Gasteiger partial charge in [0.05, 0.1) is 27.0 Å². The molecular weight excluding hydrogens is 301 g/mol. The second-order valence-corrected chi connectivity index (χ2v) is 4.91. The molecule has 0 saturated heterocycles. The lowest BCUT2D eigenvalue weighted by molar-refractivity contribution is 0.102. The Hall–Kier alpha value is -1.92. The zero-order chi connectivity index (χ0) is 14.9. The standard InChI is InChI=1S/C12H11Cl2N5O/c1-5-6(2)18-19-12(16-5)17-11(20)8-3-7(15)4-9(13)10(8)14/h3-4H,15H2,1-2H3,(H,16,17,19,20). The number of carbonyl (C=O) groups excluding carboxylic acids is 1. The number of nitrogens with zero attached hydrogens (tertiary/aromatic N) is 3. The molecule has 0 radical (unpaired) electrons. The van der Waals surface area contributed by atoms with Gasteiger partial charge in [0.1, 0.15) is 0 Å². The Morgan fingerprint density at radius 1 is 1.20 bits per heavy atom. The van der Waals surface area contributed by atoms with Crippen LogP contribution in [0.1, 0.15) is 21.7 Å². The highest BCUT2D eigenvalue weighted by atomic mass is 35.5. The Bertz CT molecular complexity index is 690. The number of hydrogen-bond acceptors (Lipinski definition) is 5. The van der Waals surface area contributed by atoms with Crippen molar-refractivity contribution in [2.75, 3.05) is 11.1 Å². The Labute approximate surface area is 125 Å². The van der Waals surface area contributed by atoms with Crippen LogP contribution in [0.2, 0.25) is 10.0 Å². The molecule has 0 aliphatic carbocycles. The molecule has 0 bridgehead atoms. The van der Waals surface area contributed by atoms with Crippen molar-refractivity contribution in [3.05, 3.63) is 39.1 Å². The third kappa shape index (κ3) is 2.97. The van der Waals surface area contributed by atoms with Crippen LogP contribution in [0, 0.1) is 13.8 Å². The van der Waals surface area contributed by atoms with Crippen molar-refractivity contribution in [2.24, 2.45) is 0 Å². The number of benzene rings is 1. The van der Waals surface area contributed by atoms with Crippen molar-refractivity contribution < 1.29 is 4.79 Å². The molecule has 1 amide bonds. The molecule has 0 unspecified atom stereocenters. The van der Waals surface area contributed by atoms with Crippen molar-refractivity contribution >= 4 is 40.7 Å². The number of aryl methyl sites for hydroxylation is 2. The smallest absolute Gasteiger partial charge is 0.259 e. The number of nitrogens with one attached hydrogen (secondary N) is 1. The van der Waals surface area contributed by atoms with Crippen LogP contribution < -0.4 is 11.1 Å². The number of rotatable bonds is 2. The van der Waals surface area contributed by atoms with E-state index < -0.39 is 5.91 Å². The molecule has 1 heterocycles. The minimum Gasteiger partial charge on any atom is -0.399 e. The third-order valence-corrected chi connectivity index (χ3v) is 3.41. The molecule has 0 fully saturated rings. The number of aromatic nitrogens is 3. The second kappa shape index (κ2) is 5.60. The maximum Gasteiger partial charge on any atom is 0.259 e. The molecule has 0 aliphatic rings. The molecule has 2 aromatic rings. The van der Waals surface area contributed by atoms with Crippen LogP contribution >= 0.6 is 23.2 Å². The second-order valence-electron chi connectivity index (χ2n) is 4.12. The lowest BCUT2D eigenvalue weighted by atomic mass is 10.2. The summed E-state index contributed by atoms with van der Waals surface area (Å²) >= 11 is 11.9. The van der Waals surface area contributed by atoms with E-state index in [1.54, 1.807) is 13.8 Å². The Morgan fingerprint density at radius 2 is 1.90 bits per heavy atom. The van der Waals surface area contributed by atoms with Gasteiger partial charge in [-0.05, 0) is 26.0 Å². The van der Waals surface area contributed by atoms with Gasteiger partial charge < -0.3 is 5.73 Å². The molecule has 1 aromatic heterocycles. The summed E-state index contributed by atoms with van der Waals surface area (Å²) in [4.78, 5) is 16.2. The molecule has 8 heteroatoms. The largest absolute Gasteiger partial charge is 0.399 e. The predicted molar refractivity (Wildman–Crippen MR) is 78.1 cm³/mol. The summed E-state index contributed by atoms with van der Waals surface area (Å²) in [5.41, 5.74) is 7.49. The van der Waals surface area contributed by atoms with Gasteiger partial charge in [0.25, 0.3) is 5.91 Å². The molecule has 6 nitrogen and oxygen atoms in total. The normalized spacial score (nSPS) is 10.4. The van der Waals surface area contributed by atoms with Crippen LogP contribution in [0.5, 0.6) is 0 Å². The highest BCUT2D eigenvalue weighted by Gasteiger charge is 2.16. The van der Waals surface area contributed by atoms with Crippen LogP contribution in [0.25, 0.3) is 0 Å². The topological polar surface area (TPSA) is 93.8 Å². The van der Waals surface area contributed by atoms with Gasteiger partial charge in [0.15, 0.2) is 0 Å². The quantitative estimate of drug-likeness (QED) is 0.831. The van der Waals surface area contributed by atoms with E-state index in [4.69, 9.17) is 28.9 Å². The molecule has 3 N–H and O–H groups in total. The Balaban J connectivity index is 2.30. The molecule has 1 aromatic carbocycles. The average molecular weight is 312 g/mol. The van der Waals surface area contributed by atoms with Gasteiger partial charge in [-0.15, -0.1) is 5.10 Å². The minimum atomic E-state index is -0.505. The highest BCUT2D eigenvalue weighted by Crippen LogP contribution is 2.29. The van der Waals surface area contributed by atoms with Gasteiger partial charge >= 0.3 is 0 Å². The van der Waals surface area contributed by atoms with E-state index in [1.165, 1.54) is 12.1 Å². The maximum atomic E-state index is 12.1. The first-order valence-corrected chi connectivity index (χ1v) is 6.38. The van der Waals surface area contributed by atoms with E-state index in [1.807, 2.05) is 0 Å². The molecule has 0 atom stereocenters. The van der Waals surface area contributed by atoms with Crippen molar-refractivity contribution in [3.63, 3.8) is 0 Å². The van der Waals surface area contributed by atoms with E-state index in [0.717, 1.165) is 0 Å². The van der Waals surface area contributed by atoms with E-state index >= 15 is 0 Å². The van der Waals surface area contributed by atoms with Gasteiger partial charge in [-0.1, -0.05) is 23.2 Å². The van der Waals surface area contributed by atoms with Crippen molar-refractivity contribution in [1.29, 1.82) is 0 Å². The van der Waals surface area contributed by atoms with Crippen LogP contribution in [-0.2, 0) is 0 Å². The summed E-state index contributed by atoms with van der Waals surface area (Å²) < 4.78 is 0. The summed E-state index contributed by atoms with van der Waals surface area (Å²) in [5, 5.41) is 10.5. The fraction of sp³-hybridized carbons (Fsp3) is 0.167. The summed E-state index contributed by atoms with van der Waals surface area (Å²) in [7, 11) is 0. The van der Waals surface area contributed by atoms with Gasteiger partial charge in [-0.2, -0.15) is 5.10 Å². The first-order chi connectivity index (χ1) is 9.38. The molecule has 2 rings (SSSR count). The summed E-state index contributed by atoms with van der Waals surface area (Å²) in [5.74, 6) is -0.415. The van der Waals surface area contributed by atoms with Crippen LogP contribution in [-0.4, -0.2) is 21.1 Å². The molecule has 0 saturated carbocycles. The van der Waals surface area contributed by atoms with E-state index in [0.29, 0.717) is 17.1 Å². The molecule has 0 aliphatic heterocycles. The fourth-order valence-corrected chi connectivity index (χ4v) is 1.88. The highest BCUT2D eigenvalue weighted by molar-refractivity contribution is 6.44. The number of nitrogen functional groups attached to an aromatic ring is 1. The third-order valence-electron chi connectivity index (χ3n) is 2.61. The summed E-state index contributed by atoms with van der Waals surface area (Å²) in [6.45, 7) is 3.54. The zero-order valence-corrected chi connectivity index (χ0v) is 12.2. The maximum absolute atomic E-state index is 12.1. The zero-order valence-electron chi connectivity index (χ0n) is 10.7. The van der Waals surface area contributed by atoms with E-state index in [9.17, 15) is 4.79 Å². The number of hydrogen-bond donors (Lipinski definition) is 2. The summed E-state index contributed by atoms with van der Waals surface area (Å²) in [6, 6.07) is 2.90. The lowest BCUT2D eigenvalue weighted by Gasteiger charge is -2.08. The molecule has 0 spiro atoms.